The number of thioether (sulfide) groups is 1. The molecule has 2 heterocycles. The number of aryl methyl sites for hydroxylation is 1. The quantitative estimate of drug-likeness (QED) is 0.631. The molecule has 3 rings (SSSR count). The predicted octanol–water partition coefficient (Wildman–Crippen LogP) is 1.08. The molecule has 0 bridgehead atoms. The highest BCUT2D eigenvalue weighted by Crippen LogP contribution is 2.38. The molecule has 7 nitrogen and oxygen atoms in total. The Labute approximate surface area is 162 Å². The van der Waals surface area contributed by atoms with Gasteiger partial charge < -0.3 is 20.6 Å². The van der Waals surface area contributed by atoms with Gasteiger partial charge in [0.2, 0.25) is 5.91 Å². The Bertz CT molecular complexity index is 778. The Hall–Kier alpha value is -2.06. The zero-order chi connectivity index (χ0) is 19.6. The minimum absolute atomic E-state index is 0.0202. The lowest BCUT2D eigenvalue weighted by Crippen LogP contribution is -2.44. The third-order valence-corrected chi connectivity index (χ3v) is 5.60. The third kappa shape index (κ3) is 4.44. The Kier molecular flexibility index (Phi) is 5.76. The molecule has 0 aromatic heterocycles. The summed E-state index contributed by atoms with van der Waals surface area (Å²) in [6.07, 6.45) is 4.34. The first-order chi connectivity index (χ1) is 12.8. The van der Waals surface area contributed by atoms with Gasteiger partial charge in [-0.25, -0.2) is 0 Å². The zero-order valence-electron chi connectivity index (χ0n) is 15.6. The van der Waals surface area contributed by atoms with E-state index in [1.807, 2.05) is 23.3 Å². The highest BCUT2D eigenvalue weighted by atomic mass is 32.2. The summed E-state index contributed by atoms with van der Waals surface area (Å²) in [5.74, 6) is -0.618. The minimum atomic E-state index is -1.05. The average molecular weight is 391 g/mol. The maximum Gasteiger partial charge on any atom is 0.313 e. The van der Waals surface area contributed by atoms with Gasteiger partial charge in [0.25, 0.3) is 0 Å². The molecule has 1 aromatic carbocycles. The molecule has 0 saturated carbocycles. The maximum atomic E-state index is 12.2. The largest absolute Gasteiger partial charge is 0.388 e. The average Bonchev–Trinajstić information content (AvgIpc) is 3.06. The number of rotatable bonds is 6. The molecule has 0 radical (unpaired) electrons. The van der Waals surface area contributed by atoms with Crippen molar-refractivity contribution < 1.29 is 19.5 Å². The van der Waals surface area contributed by atoms with E-state index in [0.717, 1.165) is 29.0 Å². The maximum absolute atomic E-state index is 12.2. The molecular weight excluding hydrogens is 366 g/mol. The molecule has 27 heavy (non-hydrogen) atoms. The Morgan fingerprint density at radius 1 is 1.22 bits per heavy atom. The van der Waals surface area contributed by atoms with Gasteiger partial charge >= 0.3 is 11.8 Å². The third-order valence-electron chi connectivity index (χ3n) is 4.99. The lowest BCUT2D eigenvalue weighted by atomic mass is 9.98. The first-order valence-corrected chi connectivity index (χ1v) is 10.5. The van der Waals surface area contributed by atoms with E-state index in [0.29, 0.717) is 31.5 Å². The highest BCUT2D eigenvalue weighted by molar-refractivity contribution is 7.98. The molecule has 1 aromatic rings. The van der Waals surface area contributed by atoms with E-state index in [1.165, 1.54) is 0 Å². The minimum Gasteiger partial charge on any atom is -0.388 e. The summed E-state index contributed by atoms with van der Waals surface area (Å²) >= 11 is 1.61. The van der Waals surface area contributed by atoms with E-state index in [1.54, 1.807) is 18.7 Å². The van der Waals surface area contributed by atoms with Crippen molar-refractivity contribution in [3.63, 3.8) is 0 Å². The number of hydrogen-bond donors (Lipinski definition) is 3. The summed E-state index contributed by atoms with van der Waals surface area (Å²) in [6.45, 7) is 2.33. The second-order valence-electron chi connectivity index (χ2n) is 7.32. The number of anilines is 2. The summed E-state index contributed by atoms with van der Waals surface area (Å²) in [7, 11) is 0. The summed E-state index contributed by atoms with van der Waals surface area (Å²) < 4.78 is 0. The van der Waals surface area contributed by atoms with Crippen LogP contribution in [-0.4, -0.2) is 53.5 Å². The normalized spacial score (nSPS) is 17.3. The first kappa shape index (κ1) is 19.7. The van der Waals surface area contributed by atoms with Gasteiger partial charge in [-0.05, 0) is 61.5 Å². The number of aliphatic hydroxyl groups is 1. The zero-order valence-corrected chi connectivity index (χ0v) is 16.4. The molecule has 2 aliphatic heterocycles. The van der Waals surface area contributed by atoms with Gasteiger partial charge in [-0.15, -0.1) is 0 Å². The molecule has 0 unspecified atom stereocenters. The van der Waals surface area contributed by atoms with Crippen LogP contribution in [0.2, 0.25) is 0 Å². The molecule has 0 aliphatic carbocycles. The van der Waals surface area contributed by atoms with Gasteiger partial charge in [0.1, 0.15) is 0 Å². The Morgan fingerprint density at radius 2 is 1.93 bits per heavy atom. The van der Waals surface area contributed by atoms with Crippen LogP contribution in [0.5, 0.6) is 0 Å². The molecule has 0 saturated heterocycles. The lowest BCUT2D eigenvalue weighted by molar-refractivity contribution is -0.136. The topological polar surface area (TPSA) is 98.7 Å². The smallest absolute Gasteiger partial charge is 0.313 e. The van der Waals surface area contributed by atoms with Crippen molar-refractivity contribution in [2.45, 2.75) is 38.2 Å². The standard InChI is InChI=1S/C19H25N3O4S/c1-19(26,6-8-27-2)11-20-17(24)18(25)21-14-9-12-3-4-15(23)22-7-5-13(10-14)16(12)22/h9-10,26H,3-8,11H2,1-2H3,(H,20,24)(H,21,25)/t19-/m1/s1. The number of nitrogens with zero attached hydrogens (tertiary/aromatic N) is 1. The van der Waals surface area contributed by atoms with E-state index in [9.17, 15) is 19.5 Å². The van der Waals surface area contributed by atoms with E-state index in [4.69, 9.17) is 0 Å². The van der Waals surface area contributed by atoms with Crippen LogP contribution >= 0.6 is 11.8 Å². The van der Waals surface area contributed by atoms with Gasteiger partial charge in [-0.1, -0.05) is 0 Å². The predicted molar refractivity (Wildman–Crippen MR) is 106 cm³/mol. The van der Waals surface area contributed by atoms with Crippen LogP contribution in [0.3, 0.4) is 0 Å². The van der Waals surface area contributed by atoms with E-state index in [-0.39, 0.29) is 12.5 Å². The summed E-state index contributed by atoms with van der Waals surface area (Å²) in [6, 6.07) is 3.67. The second-order valence-corrected chi connectivity index (χ2v) is 8.30. The molecule has 0 spiro atoms. The first-order valence-electron chi connectivity index (χ1n) is 9.07. The van der Waals surface area contributed by atoms with E-state index in [2.05, 4.69) is 10.6 Å². The molecule has 1 atom stereocenters. The SMILES string of the molecule is CSCC[C@@](C)(O)CNC(=O)C(=O)Nc1cc2c3c(c1)CCN3C(=O)CC2. The number of benzene rings is 1. The van der Waals surface area contributed by atoms with Crippen LogP contribution in [-0.2, 0) is 27.2 Å². The Balaban J connectivity index is 1.62. The number of carbonyl (C=O) groups excluding carboxylic acids is 3. The molecule has 8 heteroatoms. The molecule has 2 aliphatic rings. The van der Waals surface area contributed by atoms with Gasteiger partial charge in [-0.2, -0.15) is 11.8 Å². The Morgan fingerprint density at radius 3 is 2.63 bits per heavy atom. The van der Waals surface area contributed by atoms with Gasteiger partial charge in [0, 0.05) is 25.2 Å². The number of amides is 3. The van der Waals surface area contributed by atoms with Gasteiger partial charge in [-0.3, -0.25) is 14.4 Å². The van der Waals surface area contributed by atoms with E-state index < -0.39 is 17.4 Å². The molecule has 3 amide bonds. The van der Waals surface area contributed by atoms with Crippen molar-refractivity contribution in [2.24, 2.45) is 0 Å². The molecular formula is C19H25N3O4S. The van der Waals surface area contributed by atoms with Crippen molar-refractivity contribution in [3.05, 3.63) is 23.3 Å². The summed E-state index contributed by atoms with van der Waals surface area (Å²) in [5.41, 5.74) is 2.54. The fourth-order valence-electron chi connectivity index (χ4n) is 3.48. The second kappa shape index (κ2) is 7.90. The van der Waals surface area contributed by atoms with Crippen LogP contribution in [0.4, 0.5) is 11.4 Å². The monoisotopic (exact) mass is 391 g/mol. The number of hydrogen-bond acceptors (Lipinski definition) is 5. The van der Waals surface area contributed by atoms with Crippen LogP contribution in [0.1, 0.15) is 30.9 Å². The van der Waals surface area contributed by atoms with Gasteiger partial charge in [0.15, 0.2) is 0 Å². The van der Waals surface area contributed by atoms with Crippen molar-refractivity contribution in [1.82, 2.24) is 5.32 Å². The van der Waals surface area contributed by atoms with Crippen LogP contribution < -0.4 is 15.5 Å². The fourth-order valence-corrected chi connectivity index (χ4v) is 4.12. The summed E-state index contributed by atoms with van der Waals surface area (Å²) in [4.78, 5) is 38.1. The fraction of sp³-hybridized carbons (Fsp3) is 0.526. The van der Waals surface area contributed by atoms with Crippen molar-refractivity contribution in [1.29, 1.82) is 0 Å². The number of carbonyl (C=O) groups is 3. The molecule has 0 fully saturated rings. The van der Waals surface area contributed by atoms with Crippen molar-refractivity contribution >= 4 is 40.9 Å². The lowest BCUT2D eigenvalue weighted by Gasteiger charge is -2.26. The van der Waals surface area contributed by atoms with Crippen LogP contribution in [0, 0.1) is 0 Å². The summed E-state index contributed by atoms with van der Waals surface area (Å²) in [5, 5.41) is 15.3. The van der Waals surface area contributed by atoms with Crippen LogP contribution in [0.15, 0.2) is 12.1 Å². The highest BCUT2D eigenvalue weighted by Gasteiger charge is 2.31. The number of nitrogens with one attached hydrogen (secondary N) is 2. The molecule has 146 valence electrons. The van der Waals surface area contributed by atoms with Crippen LogP contribution in [0.25, 0.3) is 0 Å². The molecule has 3 N–H and O–H groups in total. The van der Waals surface area contributed by atoms with Crippen molar-refractivity contribution in [3.8, 4) is 0 Å². The van der Waals surface area contributed by atoms with E-state index >= 15 is 0 Å². The van der Waals surface area contributed by atoms with Gasteiger partial charge in [0.05, 0.1) is 11.3 Å². The van der Waals surface area contributed by atoms with Crippen molar-refractivity contribution in [2.75, 3.05) is 35.3 Å².